The number of aliphatic hydroxyl groups is 2. The van der Waals surface area contributed by atoms with Crippen LogP contribution in [0.1, 0.15) is 88.6 Å². The molecule has 12 heteroatoms. The molecule has 1 saturated heterocycles. The number of aliphatic hydroxyl groups excluding tert-OH is 1. The summed E-state index contributed by atoms with van der Waals surface area (Å²) in [5, 5.41) is 26.8. The van der Waals surface area contributed by atoms with Crippen molar-refractivity contribution < 1.29 is 28.2 Å². The first kappa shape index (κ1) is 29.3. The Morgan fingerprint density at radius 3 is 2.41 bits per heavy atom. The van der Waals surface area contributed by atoms with Gasteiger partial charge >= 0.3 is 6.18 Å². The molecule has 3 heterocycles. The molecule has 3 rings (SSSR count). The second-order valence-electron chi connectivity index (χ2n) is 11.2. The average molecular weight is 544 g/mol. The molecule has 0 aliphatic carbocycles. The second-order valence-corrected chi connectivity index (χ2v) is 12.2. The highest BCUT2D eigenvalue weighted by Gasteiger charge is 2.38. The van der Waals surface area contributed by atoms with Crippen molar-refractivity contribution in [1.29, 1.82) is 0 Å². The molecule has 8 nitrogen and oxygen atoms in total. The molecule has 0 aromatic carbocycles. The van der Waals surface area contributed by atoms with Crippen LogP contribution < -0.4 is 10.6 Å². The van der Waals surface area contributed by atoms with Gasteiger partial charge in [0.1, 0.15) is 16.5 Å². The number of hydrogen-bond donors (Lipinski definition) is 4. The van der Waals surface area contributed by atoms with E-state index in [2.05, 4.69) is 20.6 Å². The Kier molecular flexibility index (Phi) is 8.28. The molecule has 2 aromatic rings. The van der Waals surface area contributed by atoms with E-state index in [4.69, 9.17) is 0 Å². The Morgan fingerprint density at radius 2 is 1.89 bits per heavy atom. The van der Waals surface area contributed by atoms with Crippen LogP contribution >= 0.6 is 11.3 Å². The van der Waals surface area contributed by atoms with Gasteiger partial charge in [-0.05, 0) is 67.4 Å². The monoisotopic (exact) mass is 543 g/mol. The lowest BCUT2D eigenvalue weighted by Gasteiger charge is -2.28. The van der Waals surface area contributed by atoms with Gasteiger partial charge in [0, 0.05) is 35.9 Å². The summed E-state index contributed by atoms with van der Waals surface area (Å²) >= 11 is 0.798. The molecular formula is C25H36F3N5O3S. The Labute approximate surface area is 219 Å². The van der Waals surface area contributed by atoms with Gasteiger partial charge in [0.25, 0.3) is 5.91 Å². The number of pyridine rings is 1. The number of halogens is 3. The summed E-state index contributed by atoms with van der Waals surface area (Å²) in [6, 6.07) is 0.266. The van der Waals surface area contributed by atoms with Crippen molar-refractivity contribution in [2.45, 2.75) is 96.9 Å². The fourth-order valence-corrected chi connectivity index (χ4v) is 5.02. The number of amides is 1. The normalized spacial score (nSPS) is 18.7. The molecule has 1 aliphatic heterocycles. The Bertz CT molecular complexity index is 1120. The Morgan fingerprint density at radius 1 is 1.24 bits per heavy atom. The highest BCUT2D eigenvalue weighted by molar-refractivity contribution is 7.15. The smallest absolute Gasteiger partial charge is 0.389 e. The van der Waals surface area contributed by atoms with Gasteiger partial charge in [-0.2, -0.15) is 13.2 Å². The zero-order valence-electron chi connectivity index (χ0n) is 22.2. The number of anilines is 1. The Hall–Kier alpha value is -2.28. The van der Waals surface area contributed by atoms with E-state index < -0.39 is 41.1 Å². The predicted molar refractivity (Wildman–Crippen MR) is 137 cm³/mol. The van der Waals surface area contributed by atoms with E-state index in [-0.39, 0.29) is 33.0 Å². The summed E-state index contributed by atoms with van der Waals surface area (Å²) in [6.45, 7) is 12.6. The van der Waals surface area contributed by atoms with Crippen molar-refractivity contribution in [2.75, 3.05) is 11.9 Å². The number of aromatic nitrogens is 2. The van der Waals surface area contributed by atoms with Gasteiger partial charge in [-0.15, -0.1) is 11.3 Å². The third-order valence-corrected chi connectivity index (χ3v) is 7.46. The van der Waals surface area contributed by atoms with Crippen LogP contribution in [0.25, 0.3) is 10.4 Å². The van der Waals surface area contributed by atoms with Crippen LogP contribution in [0.2, 0.25) is 0 Å². The van der Waals surface area contributed by atoms with Crippen molar-refractivity contribution >= 4 is 23.1 Å². The number of carbonyl (C=O) groups excluding carboxylic acids is 1. The lowest BCUT2D eigenvalue weighted by atomic mass is 10.0. The number of thiazole rings is 1. The summed E-state index contributed by atoms with van der Waals surface area (Å²) in [5.41, 5.74) is -3.11. The molecule has 37 heavy (non-hydrogen) atoms. The number of nitrogens with one attached hydrogen (secondary N) is 2. The molecule has 1 unspecified atom stereocenters. The van der Waals surface area contributed by atoms with Crippen molar-refractivity contribution in [2.24, 2.45) is 0 Å². The van der Waals surface area contributed by atoms with Crippen molar-refractivity contribution in [3.8, 4) is 10.4 Å². The number of alkyl halides is 3. The van der Waals surface area contributed by atoms with E-state index in [1.807, 2.05) is 27.7 Å². The summed E-state index contributed by atoms with van der Waals surface area (Å²) in [6.07, 6.45) is -3.47. The van der Waals surface area contributed by atoms with E-state index in [1.54, 1.807) is 25.7 Å². The molecule has 1 amide bonds. The minimum atomic E-state index is -4.73. The van der Waals surface area contributed by atoms with Crippen LogP contribution in [-0.2, 0) is 6.18 Å². The quantitative estimate of drug-likeness (QED) is 0.372. The van der Waals surface area contributed by atoms with Crippen LogP contribution in [0.5, 0.6) is 0 Å². The SMILES string of the molecule is C[C@H](NC(O)c1nc(C(=O)N2CCC[C@@H]2C)c(-c2cnc(NC(C)(C)C)cc2C(F)(F)F)s1)C(C)(C)O. The average Bonchev–Trinajstić information content (AvgIpc) is 3.37. The van der Waals surface area contributed by atoms with Crippen LogP contribution in [0.3, 0.4) is 0 Å². The molecule has 206 valence electrons. The number of likely N-dealkylation sites (tertiary alicyclic amines) is 1. The molecule has 4 N–H and O–H groups in total. The highest BCUT2D eigenvalue weighted by atomic mass is 32.1. The predicted octanol–water partition coefficient (Wildman–Crippen LogP) is 4.80. The maximum atomic E-state index is 14.3. The third kappa shape index (κ3) is 6.98. The fraction of sp³-hybridized carbons (Fsp3) is 0.640. The van der Waals surface area contributed by atoms with E-state index in [0.717, 1.165) is 36.4 Å². The lowest BCUT2D eigenvalue weighted by molar-refractivity contribution is -0.137. The van der Waals surface area contributed by atoms with E-state index in [1.165, 1.54) is 0 Å². The topological polar surface area (TPSA) is 111 Å². The molecular weight excluding hydrogens is 507 g/mol. The first-order chi connectivity index (χ1) is 16.9. The van der Waals surface area contributed by atoms with Crippen molar-refractivity contribution in [1.82, 2.24) is 20.2 Å². The van der Waals surface area contributed by atoms with Crippen LogP contribution in [-0.4, -0.2) is 60.8 Å². The van der Waals surface area contributed by atoms with Crippen LogP contribution in [0.4, 0.5) is 19.0 Å². The standard InChI is InChI=1S/C25H36F3N5O3S/c1-13-9-8-10-33(13)22(35)18-19(37-21(31-18)20(34)30-14(2)24(6,7)36)15-12-29-17(32-23(3,4)5)11-16(15)25(26,27)28/h11-14,20,30,34,36H,8-10H2,1-7H3,(H,29,32)/t13-,14-,20?/m0/s1. The molecule has 0 saturated carbocycles. The van der Waals surface area contributed by atoms with Gasteiger partial charge in [0.2, 0.25) is 0 Å². The number of nitrogens with zero attached hydrogens (tertiary/aromatic N) is 3. The Balaban J connectivity index is 2.14. The van der Waals surface area contributed by atoms with E-state index >= 15 is 0 Å². The van der Waals surface area contributed by atoms with Gasteiger partial charge in [-0.3, -0.25) is 10.1 Å². The number of carbonyl (C=O) groups is 1. The fourth-order valence-electron chi connectivity index (χ4n) is 3.99. The number of hydrogen-bond acceptors (Lipinski definition) is 8. The minimum Gasteiger partial charge on any atom is -0.389 e. The molecule has 1 fully saturated rings. The maximum Gasteiger partial charge on any atom is 0.417 e. The second kappa shape index (κ2) is 10.5. The van der Waals surface area contributed by atoms with Gasteiger partial charge in [-0.25, -0.2) is 9.97 Å². The van der Waals surface area contributed by atoms with Gasteiger partial charge < -0.3 is 20.4 Å². The molecule has 1 aliphatic rings. The summed E-state index contributed by atoms with van der Waals surface area (Å²) in [5.74, 6) is -0.440. The third-order valence-electron chi connectivity index (χ3n) is 6.32. The van der Waals surface area contributed by atoms with Crippen LogP contribution in [0, 0.1) is 0 Å². The largest absolute Gasteiger partial charge is 0.417 e. The zero-order chi connectivity index (χ0) is 27.9. The molecule has 0 spiro atoms. The summed E-state index contributed by atoms with van der Waals surface area (Å²) in [7, 11) is 0. The molecule has 0 bridgehead atoms. The van der Waals surface area contributed by atoms with Crippen molar-refractivity contribution in [3.63, 3.8) is 0 Å². The zero-order valence-corrected chi connectivity index (χ0v) is 23.0. The summed E-state index contributed by atoms with van der Waals surface area (Å²) < 4.78 is 42.8. The van der Waals surface area contributed by atoms with E-state index in [0.29, 0.717) is 6.54 Å². The van der Waals surface area contributed by atoms with Gasteiger partial charge in [-0.1, -0.05) is 0 Å². The molecule has 2 aromatic heterocycles. The van der Waals surface area contributed by atoms with E-state index in [9.17, 15) is 28.2 Å². The maximum absolute atomic E-state index is 14.3. The summed E-state index contributed by atoms with van der Waals surface area (Å²) in [4.78, 5) is 23.6. The number of rotatable bonds is 7. The highest BCUT2D eigenvalue weighted by Crippen LogP contribution is 2.43. The van der Waals surface area contributed by atoms with Gasteiger partial charge in [0.15, 0.2) is 6.23 Å². The first-order valence-electron chi connectivity index (χ1n) is 12.2. The first-order valence-corrected chi connectivity index (χ1v) is 13.0. The van der Waals surface area contributed by atoms with Crippen LogP contribution in [0.15, 0.2) is 12.3 Å². The molecule has 3 atom stereocenters. The van der Waals surface area contributed by atoms with Crippen molar-refractivity contribution in [3.05, 3.63) is 28.5 Å². The minimum absolute atomic E-state index is 0.0157. The lowest BCUT2D eigenvalue weighted by Crippen LogP contribution is -2.46. The molecule has 0 radical (unpaired) electrons. The van der Waals surface area contributed by atoms with Gasteiger partial charge in [0.05, 0.1) is 16.0 Å².